The van der Waals surface area contributed by atoms with Crippen LogP contribution in [0.5, 0.6) is 5.75 Å². The van der Waals surface area contributed by atoms with E-state index in [4.69, 9.17) is 4.74 Å². The van der Waals surface area contributed by atoms with Crippen molar-refractivity contribution in [3.8, 4) is 5.75 Å². The van der Waals surface area contributed by atoms with Crippen LogP contribution >= 0.6 is 15.9 Å². The predicted molar refractivity (Wildman–Crippen MR) is 70.6 cm³/mol. The van der Waals surface area contributed by atoms with Crippen molar-refractivity contribution in [1.82, 2.24) is 0 Å². The number of benzene rings is 1. The second-order valence-electron chi connectivity index (χ2n) is 3.57. The molecular weight excluding hydrogens is 286 g/mol. The van der Waals surface area contributed by atoms with E-state index in [0.29, 0.717) is 17.9 Å². The van der Waals surface area contributed by atoms with Gasteiger partial charge in [0.25, 0.3) is 0 Å². The van der Waals surface area contributed by atoms with E-state index >= 15 is 0 Å². The lowest BCUT2D eigenvalue weighted by molar-refractivity contribution is -0.422. The number of hydrogen-bond donors (Lipinski definition) is 0. The molecule has 5 heteroatoms. The van der Waals surface area contributed by atoms with Crippen molar-refractivity contribution in [2.75, 3.05) is 6.61 Å². The zero-order valence-corrected chi connectivity index (χ0v) is 11.4. The first-order valence-electron chi connectivity index (χ1n) is 5.29. The minimum atomic E-state index is -0.412. The lowest BCUT2D eigenvalue weighted by Gasteiger charge is -2.08. The number of halogens is 1. The van der Waals surface area contributed by atoms with Crippen LogP contribution < -0.4 is 4.74 Å². The number of nitrogens with zero attached hydrogens (tertiary/aromatic N) is 1. The summed E-state index contributed by atoms with van der Waals surface area (Å²) in [4.78, 5) is 10.2. The molecule has 0 N–H and O–H groups in total. The first kappa shape index (κ1) is 13.7. The van der Waals surface area contributed by atoms with Gasteiger partial charge >= 0.3 is 0 Å². The molecule has 0 amide bonds. The second kappa shape index (κ2) is 6.39. The van der Waals surface area contributed by atoms with Crippen LogP contribution in [0, 0.1) is 10.1 Å². The topological polar surface area (TPSA) is 52.4 Å². The largest absolute Gasteiger partial charge is 0.493 e. The normalized spacial score (nSPS) is 11.4. The van der Waals surface area contributed by atoms with Gasteiger partial charge in [-0.05, 0) is 24.6 Å². The molecule has 1 aromatic rings. The van der Waals surface area contributed by atoms with Gasteiger partial charge in [-0.2, -0.15) is 0 Å². The van der Waals surface area contributed by atoms with Gasteiger partial charge in [0.15, 0.2) is 0 Å². The second-order valence-corrected chi connectivity index (χ2v) is 4.49. The fourth-order valence-electron chi connectivity index (χ4n) is 1.25. The molecular formula is C12H14BrNO3. The molecule has 0 radical (unpaired) electrons. The van der Waals surface area contributed by atoms with Crippen molar-refractivity contribution in [3.63, 3.8) is 0 Å². The van der Waals surface area contributed by atoms with Gasteiger partial charge in [-0.1, -0.05) is 22.9 Å². The maximum atomic E-state index is 10.6. The molecule has 0 aliphatic heterocycles. The monoisotopic (exact) mass is 299 g/mol. The van der Waals surface area contributed by atoms with Crippen molar-refractivity contribution < 1.29 is 9.66 Å². The maximum Gasteiger partial charge on any atom is 0.243 e. The zero-order valence-electron chi connectivity index (χ0n) is 9.77. The minimum absolute atomic E-state index is 0.0875. The SMILES string of the molecule is CCCOc1ccc(Br)cc1/C=C(/C)[N+](=O)[O-]. The molecule has 0 heterocycles. The van der Waals surface area contributed by atoms with Gasteiger partial charge < -0.3 is 4.74 Å². The maximum absolute atomic E-state index is 10.6. The van der Waals surface area contributed by atoms with Crippen LogP contribution in [-0.4, -0.2) is 11.5 Å². The molecule has 92 valence electrons. The molecule has 0 spiro atoms. The Balaban J connectivity index is 3.06. The molecule has 0 aliphatic rings. The summed E-state index contributed by atoms with van der Waals surface area (Å²) in [5, 5.41) is 10.6. The third kappa shape index (κ3) is 4.19. The molecule has 1 rings (SSSR count). The molecule has 0 atom stereocenters. The smallest absolute Gasteiger partial charge is 0.243 e. The summed E-state index contributed by atoms with van der Waals surface area (Å²) in [5.74, 6) is 0.663. The van der Waals surface area contributed by atoms with Crippen LogP contribution in [0.2, 0.25) is 0 Å². The molecule has 0 fully saturated rings. The Morgan fingerprint density at radius 2 is 2.29 bits per heavy atom. The first-order valence-corrected chi connectivity index (χ1v) is 6.09. The van der Waals surface area contributed by atoms with Crippen LogP contribution in [0.3, 0.4) is 0 Å². The summed E-state index contributed by atoms with van der Waals surface area (Å²) in [7, 11) is 0. The summed E-state index contributed by atoms with van der Waals surface area (Å²) in [5.41, 5.74) is 0.798. The molecule has 4 nitrogen and oxygen atoms in total. The predicted octanol–water partition coefficient (Wildman–Crippen LogP) is 3.88. The standard InChI is InChI=1S/C12H14BrNO3/c1-3-6-17-12-5-4-11(13)8-10(12)7-9(2)14(15)16/h4-5,7-8H,3,6H2,1-2H3/b9-7-. The Labute approximate surface area is 109 Å². The average molecular weight is 300 g/mol. The van der Waals surface area contributed by atoms with E-state index < -0.39 is 4.92 Å². The van der Waals surface area contributed by atoms with Crippen LogP contribution in [0.1, 0.15) is 25.8 Å². The van der Waals surface area contributed by atoms with Crippen molar-refractivity contribution in [1.29, 1.82) is 0 Å². The van der Waals surface area contributed by atoms with E-state index in [2.05, 4.69) is 15.9 Å². The quantitative estimate of drug-likeness (QED) is 0.612. The van der Waals surface area contributed by atoms with Crippen molar-refractivity contribution in [2.45, 2.75) is 20.3 Å². The summed E-state index contributed by atoms with van der Waals surface area (Å²) in [6, 6.07) is 5.46. The molecule has 0 saturated heterocycles. The van der Waals surface area contributed by atoms with Crippen molar-refractivity contribution in [3.05, 3.63) is 44.0 Å². The fraction of sp³-hybridized carbons (Fsp3) is 0.333. The molecule has 0 saturated carbocycles. The Morgan fingerprint density at radius 1 is 1.59 bits per heavy atom. The van der Waals surface area contributed by atoms with Crippen LogP contribution in [0.4, 0.5) is 0 Å². The van der Waals surface area contributed by atoms with Gasteiger partial charge in [-0.3, -0.25) is 10.1 Å². The van der Waals surface area contributed by atoms with E-state index in [1.54, 1.807) is 12.1 Å². The van der Waals surface area contributed by atoms with E-state index in [9.17, 15) is 10.1 Å². The third-order valence-electron chi connectivity index (χ3n) is 2.09. The zero-order chi connectivity index (χ0) is 12.8. The average Bonchev–Trinajstić information content (AvgIpc) is 2.28. The molecule has 0 bridgehead atoms. The van der Waals surface area contributed by atoms with E-state index in [1.165, 1.54) is 13.0 Å². The molecule has 17 heavy (non-hydrogen) atoms. The number of allylic oxidation sites excluding steroid dienone is 1. The molecule has 0 aliphatic carbocycles. The van der Waals surface area contributed by atoms with E-state index in [1.807, 2.05) is 13.0 Å². The van der Waals surface area contributed by atoms with Gasteiger partial charge in [0.2, 0.25) is 5.70 Å². The highest BCUT2D eigenvalue weighted by atomic mass is 79.9. The summed E-state index contributed by atoms with van der Waals surface area (Å²) < 4.78 is 6.40. The molecule has 1 aromatic carbocycles. The Kier molecular flexibility index (Phi) is 5.15. The highest BCUT2D eigenvalue weighted by Gasteiger charge is 2.07. The number of rotatable bonds is 5. The van der Waals surface area contributed by atoms with Gasteiger partial charge in [0, 0.05) is 23.0 Å². The Bertz CT molecular complexity index is 443. The van der Waals surface area contributed by atoms with E-state index in [-0.39, 0.29) is 5.70 Å². The highest BCUT2D eigenvalue weighted by molar-refractivity contribution is 9.10. The highest BCUT2D eigenvalue weighted by Crippen LogP contribution is 2.25. The van der Waals surface area contributed by atoms with Crippen LogP contribution in [0.15, 0.2) is 28.4 Å². The van der Waals surface area contributed by atoms with Gasteiger partial charge in [0.05, 0.1) is 11.5 Å². The summed E-state index contributed by atoms with van der Waals surface area (Å²) >= 11 is 3.34. The van der Waals surface area contributed by atoms with Crippen LogP contribution in [0.25, 0.3) is 6.08 Å². The lowest BCUT2D eigenvalue weighted by Crippen LogP contribution is -1.98. The summed E-state index contributed by atoms with van der Waals surface area (Å²) in [6.45, 7) is 4.07. The molecule has 0 aromatic heterocycles. The lowest BCUT2D eigenvalue weighted by atomic mass is 10.1. The van der Waals surface area contributed by atoms with E-state index in [0.717, 1.165) is 10.9 Å². The molecule has 0 unspecified atom stereocenters. The van der Waals surface area contributed by atoms with Gasteiger partial charge in [0.1, 0.15) is 5.75 Å². The van der Waals surface area contributed by atoms with Crippen molar-refractivity contribution >= 4 is 22.0 Å². The first-order chi connectivity index (χ1) is 8.04. The van der Waals surface area contributed by atoms with Gasteiger partial charge in [-0.15, -0.1) is 0 Å². The summed E-state index contributed by atoms with van der Waals surface area (Å²) in [6.07, 6.45) is 2.41. The van der Waals surface area contributed by atoms with Crippen LogP contribution in [-0.2, 0) is 0 Å². The number of ether oxygens (including phenoxy) is 1. The third-order valence-corrected chi connectivity index (χ3v) is 2.58. The number of hydrogen-bond acceptors (Lipinski definition) is 3. The minimum Gasteiger partial charge on any atom is -0.493 e. The Hall–Kier alpha value is -1.36. The van der Waals surface area contributed by atoms with Gasteiger partial charge in [-0.25, -0.2) is 0 Å². The van der Waals surface area contributed by atoms with Crippen molar-refractivity contribution in [2.24, 2.45) is 0 Å². The Morgan fingerprint density at radius 3 is 2.88 bits per heavy atom. The number of nitro groups is 1. The fourth-order valence-corrected chi connectivity index (χ4v) is 1.63.